The van der Waals surface area contributed by atoms with E-state index in [2.05, 4.69) is 0 Å². The SMILES string of the molecule is O=S(CC1C(Cl)CCCC1Cl)C1CC1. The van der Waals surface area contributed by atoms with Gasteiger partial charge >= 0.3 is 0 Å². The molecule has 0 heterocycles. The van der Waals surface area contributed by atoms with E-state index in [1.807, 2.05) is 0 Å². The number of halogens is 2. The van der Waals surface area contributed by atoms with E-state index in [0.29, 0.717) is 5.25 Å². The summed E-state index contributed by atoms with van der Waals surface area (Å²) in [5.41, 5.74) is 0. The molecule has 2 fully saturated rings. The van der Waals surface area contributed by atoms with Gasteiger partial charge in [-0.3, -0.25) is 4.21 Å². The molecule has 82 valence electrons. The van der Waals surface area contributed by atoms with Crippen molar-refractivity contribution in [2.75, 3.05) is 5.75 Å². The number of hydrogen-bond acceptors (Lipinski definition) is 1. The minimum absolute atomic E-state index is 0.147. The summed E-state index contributed by atoms with van der Waals surface area (Å²) in [4.78, 5) is 0. The summed E-state index contributed by atoms with van der Waals surface area (Å²) in [6.07, 6.45) is 5.47. The maximum atomic E-state index is 11.8. The van der Waals surface area contributed by atoms with Gasteiger partial charge in [-0.25, -0.2) is 0 Å². The molecular formula is C10H16Cl2OS. The molecule has 0 N–H and O–H groups in total. The van der Waals surface area contributed by atoms with Crippen molar-refractivity contribution in [2.24, 2.45) is 5.92 Å². The zero-order chi connectivity index (χ0) is 10.1. The van der Waals surface area contributed by atoms with Crippen LogP contribution >= 0.6 is 23.2 Å². The van der Waals surface area contributed by atoms with Gasteiger partial charge in [0.25, 0.3) is 0 Å². The molecule has 3 atom stereocenters. The Bertz CT molecular complexity index is 220. The Morgan fingerprint density at radius 3 is 2.14 bits per heavy atom. The maximum Gasteiger partial charge on any atom is 0.0387 e. The highest BCUT2D eigenvalue weighted by molar-refractivity contribution is 7.85. The predicted octanol–water partition coefficient (Wildman–Crippen LogP) is 2.91. The fraction of sp³-hybridized carbons (Fsp3) is 1.00. The minimum atomic E-state index is -0.668. The third-order valence-electron chi connectivity index (χ3n) is 3.14. The largest absolute Gasteiger partial charge is 0.259 e. The molecule has 0 radical (unpaired) electrons. The molecule has 3 unspecified atom stereocenters. The van der Waals surface area contributed by atoms with Crippen molar-refractivity contribution >= 4 is 34.0 Å². The molecule has 1 nitrogen and oxygen atoms in total. The zero-order valence-corrected chi connectivity index (χ0v) is 10.5. The number of alkyl halides is 2. The maximum absolute atomic E-state index is 11.8. The summed E-state index contributed by atoms with van der Waals surface area (Å²) in [6, 6.07) is 0. The van der Waals surface area contributed by atoms with Crippen molar-refractivity contribution in [3.05, 3.63) is 0 Å². The topological polar surface area (TPSA) is 17.1 Å². The molecule has 0 aromatic carbocycles. The van der Waals surface area contributed by atoms with E-state index in [0.717, 1.165) is 37.9 Å². The predicted molar refractivity (Wildman–Crippen MR) is 62.7 cm³/mol. The van der Waals surface area contributed by atoms with Gasteiger partial charge in [-0.2, -0.15) is 0 Å². The third-order valence-corrected chi connectivity index (χ3v) is 6.15. The Balaban J connectivity index is 1.89. The van der Waals surface area contributed by atoms with E-state index in [1.54, 1.807) is 0 Å². The highest BCUT2D eigenvalue weighted by Gasteiger charge is 2.36. The van der Waals surface area contributed by atoms with E-state index in [-0.39, 0.29) is 16.7 Å². The lowest BCUT2D eigenvalue weighted by Crippen LogP contribution is -2.34. The van der Waals surface area contributed by atoms with Crippen molar-refractivity contribution in [2.45, 2.75) is 48.1 Å². The Labute approximate surface area is 98.0 Å². The van der Waals surface area contributed by atoms with Gasteiger partial charge in [0.05, 0.1) is 0 Å². The lowest BCUT2D eigenvalue weighted by molar-refractivity contribution is 0.403. The Hall–Kier alpha value is 0.730. The van der Waals surface area contributed by atoms with Crippen molar-refractivity contribution in [3.63, 3.8) is 0 Å². The van der Waals surface area contributed by atoms with Crippen LogP contribution in [-0.2, 0) is 10.8 Å². The van der Waals surface area contributed by atoms with Crippen LogP contribution in [-0.4, -0.2) is 26.0 Å². The van der Waals surface area contributed by atoms with E-state index in [4.69, 9.17) is 23.2 Å². The van der Waals surface area contributed by atoms with Gasteiger partial charge in [-0.1, -0.05) is 6.42 Å². The summed E-state index contributed by atoms with van der Waals surface area (Å²) >= 11 is 12.5. The van der Waals surface area contributed by atoms with E-state index >= 15 is 0 Å². The van der Waals surface area contributed by atoms with E-state index in [9.17, 15) is 4.21 Å². The van der Waals surface area contributed by atoms with Crippen LogP contribution in [0.15, 0.2) is 0 Å². The normalized spacial score (nSPS) is 40.9. The molecular weight excluding hydrogens is 239 g/mol. The summed E-state index contributed by atoms with van der Waals surface area (Å²) in [7, 11) is -0.668. The van der Waals surface area contributed by atoms with Crippen molar-refractivity contribution in [1.29, 1.82) is 0 Å². The smallest absolute Gasteiger partial charge is 0.0387 e. The van der Waals surface area contributed by atoms with Crippen LogP contribution in [0.3, 0.4) is 0 Å². The van der Waals surface area contributed by atoms with Gasteiger partial charge in [-0.05, 0) is 25.7 Å². The summed E-state index contributed by atoms with van der Waals surface area (Å²) in [6.45, 7) is 0. The molecule has 2 aliphatic rings. The molecule has 4 heteroatoms. The first-order chi connectivity index (χ1) is 6.68. The minimum Gasteiger partial charge on any atom is -0.259 e. The van der Waals surface area contributed by atoms with Crippen molar-refractivity contribution < 1.29 is 4.21 Å². The Morgan fingerprint density at radius 1 is 1.07 bits per heavy atom. The standard InChI is InChI=1S/C10H16Cl2OS/c11-9-2-1-3-10(12)8(9)6-14(13)7-4-5-7/h7-10H,1-6H2. The van der Waals surface area contributed by atoms with Crippen LogP contribution in [0.2, 0.25) is 0 Å². The molecule has 0 bridgehead atoms. The molecule has 0 aromatic rings. The second-order valence-electron chi connectivity index (χ2n) is 4.37. The van der Waals surface area contributed by atoms with Crippen LogP contribution < -0.4 is 0 Å². The van der Waals surface area contributed by atoms with Gasteiger partial charge in [0, 0.05) is 38.5 Å². The first-order valence-electron chi connectivity index (χ1n) is 5.34. The van der Waals surface area contributed by atoms with Crippen molar-refractivity contribution in [1.82, 2.24) is 0 Å². The van der Waals surface area contributed by atoms with Crippen LogP contribution in [0.5, 0.6) is 0 Å². The summed E-state index contributed by atoms with van der Waals surface area (Å²) in [5.74, 6) is 1.00. The average molecular weight is 255 g/mol. The second-order valence-corrected chi connectivity index (χ2v) is 7.26. The molecule has 2 rings (SSSR count). The first kappa shape index (κ1) is 11.2. The van der Waals surface area contributed by atoms with Crippen LogP contribution in [0, 0.1) is 5.92 Å². The molecule has 2 saturated carbocycles. The van der Waals surface area contributed by atoms with E-state index in [1.165, 1.54) is 0 Å². The quantitative estimate of drug-likeness (QED) is 0.709. The molecule has 0 spiro atoms. The lowest BCUT2D eigenvalue weighted by atomic mass is 9.90. The molecule has 0 saturated heterocycles. The summed E-state index contributed by atoms with van der Waals surface area (Å²) < 4.78 is 11.8. The monoisotopic (exact) mass is 254 g/mol. The molecule has 14 heavy (non-hydrogen) atoms. The number of hydrogen-bond donors (Lipinski definition) is 0. The van der Waals surface area contributed by atoms with Gasteiger partial charge in [0.2, 0.25) is 0 Å². The van der Waals surface area contributed by atoms with Crippen molar-refractivity contribution in [3.8, 4) is 0 Å². The fourth-order valence-corrected chi connectivity index (χ4v) is 4.93. The molecule has 0 aromatic heterocycles. The van der Waals surface area contributed by atoms with Gasteiger partial charge in [-0.15, -0.1) is 23.2 Å². The Morgan fingerprint density at radius 2 is 1.64 bits per heavy atom. The molecule has 2 aliphatic carbocycles. The molecule has 0 amide bonds. The zero-order valence-electron chi connectivity index (χ0n) is 8.12. The average Bonchev–Trinajstić information content (AvgIpc) is 2.94. The fourth-order valence-electron chi connectivity index (χ4n) is 2.03. The first-order valence-corrected chi connectivity index (χ1v) is 7.59. The van der Waals surface area contributed by atoms with Gasteiger partial charge in [0.15, 0.2) is 0 Å². The van der Waals surface area contributed by atoms with Crippen LogP contribution in [0.1, 0.15) is 32.1 Å². The highest BCUT2D eigenvalue weighted by atomic mass is 35.5. The molecule has 0 aliphatic heterocycles. The third kappa shape index (κ3) is 2.65. The number of rotatable bonds is 3. The van der Waals surface area contributed by atoms with E-state index < -0.39 is 10.8 Å². The van der Waals surface area contributed by atoms with Crippen LogP contribution in [0.25, 0.3) is 0 Å². The van der Waals surface area contributed by atoms with Crippen LogP contribution in [0.4, 0.5) is 0 Å². The lowest BCUT2D eigenvalue weighted by Gasteiger charge is -2.31. The Kier molecular flexibility index (Phi) is 3.78. The van der Waals surface area contributed by atoms with Gasteiger partial charge < -0.3 is 0 Å². The second kappa shape index (κ2) is 4.71. The highest BCUT2D eigenvalue weighted by Crippen LogP contribution is 2.35. The van der Waals surface area contributed by atoms with Gasteiger partial charge in [0.1, 0.15) is 0 Å². The summed E-state index contributed by atoms with van der Waals surface area (Å²) in [5, 5.41) is 0.757.